The molecule has 0 radical (unpaired) electrons. The van der Waals surface area contributed by atoms with E-state index in [2.05, 4.69) is 62.5 Å². The largest absolute Gasteiger partial charge is 0.362 e. The van der Waals surface area contributed by atoms with Crippen LogP contribution in [0.3, 0.4) is 0 Å². The summed E-state index contributed by atoms with van der Waals surface area (Å²) in [5.41, 5.74) is 5.06. The molecule has 2 heterocycles. The van der Waals surface area contributed by atoms with Crippen LogP contribution in [0.4, 0.5) is 11.8 Å². The van der Waals surface area contributed by atoms with Crippen molar-refractivity contribution in [3.8, 4) is 0 Å². The van der Waals surface area contributed by atoms with E-state index in [1.165, 1.54) is 24.1 Å². The normalized spacial score (nSPS) is 19.3. The highest BCUT2D eigenvalue weighted by Crippen LogP contribution is 2.30. The molecule has 2 aliphatic carbocycles. The molecular weight excluding hydrogens is 486 g/mol. The van der Waals surface area contributed by atoms with Crippen molar-refractivity contribution < 1.29 is 4.79 Å². The Labute approximate surface area is 232 Å². The minimum Gasteiger partial charge on any atom is -0.362 e. The molecule has 0 bridgehead atoms. The molecule has 8 nitrogen and oxygen atoms in total. The topological polar surface area (TPSA) is 88.0 Å². The lowest BCUT2D eigenvalue weighted by Crippen LogP contribution is -2.41. The van der Waals surface area contributed by atoms with E-state index in [1.807, 2.05) is 28.9 Å². The summed E-state index contributed by atoms with van der Waals surface area (Å²) >= 11 is 0. The highest BCUT2D eigenvalue weighted by Gasteiger charge is 2.28. The zero-order chi connectivity index (χ0) is 27.6. The molecule has 0 aliphatic heterocycles. The number of hydrogen-bond donors (Lipinski definition) is 2. The molecule has 0 saturated heterocycles. The van der Waals surface area contributed by atoms with Crippen LogP contribution in [-0.2, 0) is 24.8 Å². The maximum absolute atomic E-state index is 13.5. The molecule has 208 valence electrons. The van der Waals surface area contributed by atoms with Crippen molar-refractivity contribution in [3.05, 3.63) is 64.6 Å². The first-order chi connectivity index (χ1) is 18.7. The van der Waals surface area contributed by atoms with Gasteiger partial charge in [-0.25, -0.2) is 4.98 Å². The van der Waals surface area contributed by atoms with Crippen LogP contribution < -0.4 is 15.5 Å². The molecule has 39 heavy (non-hydrogen) atoms. The van der Waals surface area contributed by atoms with Gasteiger partial charge in [0, 0.05) is 37.2 Å². The number of aromatic nitrogens is 4. The fraction of sp³-hybridized carbons (Fsp3) is 0.548. The second kappa shape index (κ2) is 11.4. The highest BCUT2D eigenvalue weighted by molar-refractivity contribution is 5.93. The van der Waals surface area contributed by atoms with Crippen LogP contribution in [0.2, 0.25) is 0 Å². The fourth-order valence-corrected chi connectivity index (χ4v) is 5.68. The van der Waals surface area contributed by atoms with E-state index in [0.717, 1.165) is 61.5 Å². The van der Waals surface area contributed by atoms with Gasteiger partial charge in [0.05, 0.1) is 17.9 Å². The molecule has 8 heteroatoms. The van der Waals surface area contributed by atoms with Gasteiger partial charge in [0.25, 0.3) is 5.91 Å². The molecule has 0 atom stereocenters. The van der Waals surface area contributed by atoms with Gasteiger partial charge in [0.2, 0.25) is 5.95 Å². The van der Waals surface area contributed by atoms with Gasteiger partial charge >= 0.3 is 0 Å². The summed E-state index contributed by atoms with van der Waals surface area (Å²) in [7, 11) is 4.12. The fourth-order valence-electron chi connectivity index (χ4n) is 5.68. The molecule has 2 N–H and O–H groups in total. The Morgan fingerprint density at radius 3 is 2.38 bits per heavy atom. The molecule has 0 unspecified atom stereocenters. The van der Waals surface area contributed by atoms with Crippen molar-refractivity contribution >= 4 is 17.7 Å². The van der Waals surface area contributed by atoms with E-state index in [0.29, 0.717) is 18.3 Å². The average molecular weight is 530 g/mol. The first-order valence-electron chi connectivity index (χ1n) is 14.4. The molecular formula is C31H43N7O. The van der Waals surface area contributed by atoms with Crippen molar-refractivity contribution in [2.45, 2.75) is 96.2 Å². The molecule has 1 aromatic carbocycles. The molecule has 5 rings (SSSR count). The zero-order valence-electron chi connectivity index (χ0n) is 24.1. The van der Waals surface area contributed by atoms with Gasteiger partial charge in [-0.1, -0.05) is 51.1 Å². The maximum atomic E-state index is 13.5. The number of nitrogens with one attached hydrogen (secondary N) is 2. The standard InChI is InChI=1S/C31H43N7O/c1-31(2,3)27-19-26(38(36-27)20-21-11-7-6-8-12-21)29(39)32-22-15-17-23(18-16-22)33-30-34-25-14-10-9-13-24(25)28(35-30)37(4)5/h6-8,11-12,19,22-23H,9-10,13-18,20H2,1-5H3,(H,32,39)(H,33,34,35)/t22-,23+. The summed E-state index contributed by atoms with van der Waals surface area (Å²) < 4.78 is 1.86. The number of fused-ring (bicyclic) bond motifs is 1. The Morgan fingerprint density at radius 2 is 1.69 bits per heavy atom. The Bertz CT molecular complexity index is 1280. The second-order valence-electron chi connectivity index (χ2n) is 12.4. The monoisotopic (exact) mass is 529 g/mol. The zero-order valence-corrected chi connectivity index (χ0v) is 24.1. The Hall–Kier alpha value is -3.42. The van der Waals surface area contributed by atoms with E-state index in [-0.39, 0.29) is 17.4 Å². The molecule has 2 aromatic heterocycles. The minimum atomic E-state index is -0.133. The summed E-state index contributed by atoms with van der Waals surface area (Å²) in [6.07, 6.45) is 8.30. The number of hydrogen-bond acceptors (Lipinski definition) is 6. The van der Waals surface area contributed by atoms with Gasteiger partial charge in [-0.15, -0.1) is 0 Å². The maximum Gasteiger partial charge on any atom is 0.269 e. The number of anilines is 2. The van der Waals surface area contributed by atoms with E-state index in [9.17, 15) is 4.79 Å². The van der Waals surface area contributed by atoms with Gasteiger partial charge in [0.15, 0.2) is 0 Å². The van der Waals surface area contributed by atoms with Crippen LogP contribution in [0, 0.1) is 0 Å². The lowest BCUT2D eigenvalue weighted by molar-refractivity contribution is 0.0916. The predicted octanol–water partition coefficient (Wildman–Crippen LogP) is 5.12. The number of carbonyl (C=O) groups is 1. The SMILES string of the molecule is CN(C)c1nc(N[C@H]2CC[C@@H](NC(=O)c3cc(C(C)(C)C)nn3Cc3ccccc3)CC2)nc2c1CCCC2. The van der Waals surface area contributed by atoms with Crippen LogP contribution in [0.25, 0.3) is 0 Å². The third kappa shape index (κ3) is 6.43. The van der Waals surface area contributed by atoms with Gasteiger partial charge < -0.3 is 15.5 Å². The Kier molecular flexibility index (Phi) is 7.91. The average Bonchev–Trinajstić information content (AvgIpc) is 3.34. The van der Waals surface area contributed by atoms with Crippen LogP contribution >= 0.6 is 0 Å². The summed E-state index contributed by atoms with van der Waals surface area (Å²) in [5, 5.41) is 11.8. The van der Waals surface area contributed by atoms with E-state index < -0.39 is 0 Å². The van der Waals surface area contributed by atoms with Gasteiger partial charge in [-0.05, 0) is 63.0 Å². The highest BCUT2D eigenvalue weighted by atomic mass is 16.2. The molecule has 1 saturated carbocycles. The van der Waals surface area contributed by atoms with Crippen molar-refractivity contribution in [3.63, 3.8) is 0 Å². The van der Waals surface area contributed by atoms with Crippen molar-refractivity contribution in [2.75, 3.05) is 24.3 Å². The van der Waals surface area contributed by atoms with Crippen molar-refractivity contribution in [2.24, 2.45) is 0 Å². The van der Waals surface area contributed by atoms with E-state index in [1.54, 1.807) is 0 Å². The third-order valence-corrected chi connectivity index (χ3v) is 7.94. The summed E-state index contributed by atoms with van der Waals surface area (Å²) in [5.74, 6) is 1.75. The van der Waals surface area contributed by atoms with E-state index in [4.69, 9.17) is 15.1 Å². The van der Waals surface area contributed by atoms with E-state index >= 15 is 0 Å². The third-order valence-electron chi connectivity index (χ3n) is 7.94. The molecule has 2 aliphatic rings. The summed E-state index contributed by atoms with van der Waals surface area (Å²) in [6.45, 7) is 6.97. The van der Waals surface area contributed by atoms with Crippen LogP contribution in [-0.4, -0.2) is 51.8 Å². The number of carbonyl (C=O) groups excluding carboxylic acids is 1. The van der Waals surface area contributed by atoms with Gasteiger partial charge in [0.1, 0.15) is 11.5 Å². The van der Waals surface area contributed by atoms with Crippen LogP contribution in [0.15, 0.2) is 36.4 Å². The second-order valence-corrected chi connectivity index (χ2v) is 12.4. The number of aryl methyl sites for hydroxylation is 1. The van der Waals surface area contributed by atoms with Gasteiger partial charge in [-0.3, -0.25) is 9.48 Å². The van der Waals surface area contributed by atoms with Crippen molar-refractivity contribution in [1.29, 1.82) is 0 Å². The first kappa shape index (κ1) is 27.2. The minimum absolute atomic E-state index is 0.0426. The number of benzene rings is 1. The molecule has 0 spiro atoms. The number of amides is 1. The lowest BCUT2D eigenvalue weighted by atomic mass is 9.91. The quantitative estimate of drug-likeness (QED) is 0.442. The molecule has 1 amide bonds. The van der Waals surface area contributed by atoms with Crippen LogP contribution in [0.5, 0.6) is 0 Å². The number of nitrogens with zero attached hydrogens (tertiary/aromatic N) is 5. The van der Waals surface area contributed by atoms with Gasteiger partial charge in [-0.2, -0.15) is 10.1 Å². The smallest absolute Gasteiger partial charge is 0.269 e. The molecule has 1 fully saturated rings. The predicted molar refractivity (Wildman–Crippen MR) is 157 cm³/mol. The van der Waals surface area contributed by atoms with Crippen LogP contribution in [0.1, 0.15) is 92.3 Å². The Morgan fingerprint density at radius 1 is 1.00 bits per heavy atom. The Balaban J connectivity index is 1.22. The summed E-state index contributed by atoms with van der Waals surface area (Å²) in [4.78, 5) is 25.3. The summed E-state index contributed by atoms with van der Waals surface area (Å²) in [6, 6.07) is 12.6. The molecule has 3 aromatic rings. The number of rotatable bonds is 7. The van der Waals surface area contributed by atoms with Crippen molar-refractivity contribution in [1.82, 2.24) is 25.1 Å². The first-order valence-corrected chi connectivity index (χ1v) is 14.4. The lowest BCUT2D eigenvalue weighted by Gasteiger charge is -2.30.